The van der Waals surface area contributed by atoms with Crippen molar-refractivity contribution in [3.05, 3.63) is 29.8 Å². The minimum atomic E-state index is -4.69. The Labute approximate surface area is 151 Å². The molecule has 0 saturated carbocycles. The number of ether oxygens (including phenoxy) is 1. The molecular weight excluding hydrogens is 357 g/mol. The molecule has 0 aliphatic carbocycles. The van der Waals surface area contributed by atoms with Crippen molar-refractivity contribution in [3.63, 3.8) is 0 Å². The van der Waals surface area contributed by atoms with E-state index in [1.54, 1.807) is 12.1 Å². The van der Waals surface area contributed by atoms with Crippen molar-refractivity contribution in [3.8, 4) is 5.75 Å². The van der Waals surface area contributed by atoms with E-state index in [4.69, 9.17) is 0 Å². The maximum atomic E-state index is 12.1. The molecule has 0 atom stereocenters. The second-order valence-electron chi connectivity index (χ2n) is 6.53. The minimum Gasteiger partial charge on any atom is -0.406 e. The van der Waals surface area contributed by atoms with Crippen LogP contribution in [0.25, 0.3) is 0 Å². The van der Waals surface area contributed by atoms with Gasteiger partial charge in [-0.05, 0) is 55.5 Å². The lowest BCUT2D eigenvalue weighted by Gasteiger charge is -2.34. The zero-order chi connectivity index (χ0) is 17.6. The number of hydrogen-bond acceptors (Lipinski definition) is 3. The summed E-state index contributed by atoms with van der Waals surface area (Å²) in [5.41, 5.74) is 0.935. The SMILES string of the molecule is CC1(CNC(=O)CCc2ccc(OC(F)(F)F)cc2)CCNCC1.Cl. The van der Waals surface area contributed by atoms with Crippen LogP contribution in [0.2, 0.25) is 0 Å². The van der Waals surface area contributed by atoms with Gasteiger partial charge in [0.2, 0.25) is 5.91 Å². The van der Waals surface area contributed by atoms with E-state index < -0.39 is 6.36 Å². The van der Waals surface area contributed by atoms with Crippen LogP contribution in [0.15, 0.2) is 24.3 Å². The third kappa shape index (κ3) is 7.96. The van der Waals surface area contributed by atoms with Crippen LogP contribution >= 0.6 is 12.4 Å². The molecule has 0 bridgehead atoms. The van der Waals surface area contributed by atoms with Crippen molar-refractivity contribution >= 4 is 18.3 Å². The Morgan fingerprint density at radius 3 is 2.40 bits per heavy atom. The first kappa shape index (κ1) is 21.6. The van der Waals surface area contributed by atoms with Crippen molar-refractivity contribution in [2.45, 2.75) is 39.0 Å². The summed E-state index contributed by atoms with van der Waals surface area (Å²) in [7, 11) is 0. The molecule has 1 aromatic carbocycles. The summed E-state index contributed by atoms with van der Waals surface area (Å²) in [6.07, 6.45) is -1.82. The largest absolute Gasteiger partial charge is 0.573 e. The Morgan fingerprint density at radius 1 is 1.24 bits per heavy atom. The molecule has 2 N–H and O–H groups in total. The molecule has 0 spiro atoms. The lowest BCUT2D eigenvalue weighted by Crippen LogP contribution is -2.42. The molecule has 1 fully saturated rings. The number of carbonyl (C=O) groups is 1. The Hall–Kier alpha value is -1.47. The molecule has 8 heteroatoms. The third-order valence-electron chi connectivity index (χ3n) is 4.32. The van der Waals surface area contributed by atoms with Gasteiger partial charge in [-0.15, -0.1) is 25.6 Å². The van der Waals surface area contributed by atoms with Crippen LogP contribution in [0.3, 0.4) is 0 Å². The van der Waals surface area contributed by atoms with E-state index in [1.165, 1.54) is 12.1 Å². The highest BCUT2D eigenvalue weighted by Gasteiger charge is 2.31. The zero-order valence-electron chi connectivity index (χ0n) is 14.1. The number of aryl methyl sites for hydroxylation is 1. The zero-order valence-corrected chi connectivity index (χ0v) is 14.9. The van der Waals surface area contributed by atoms with Crippen LogP contribution in [0, 0.1) is 5.41 Å². The Bertz CT molecular complexity index is 544. The van der Waals surface area contributed by atoms with Gasteiger partial charge in [0, 0.05) is 13.0 Å². The molecule has 2 rings (SSSR count). The van der Waals surface area contributed by atoms with Gasteiger partial charge in [0.15, 0.2) is 0 Å². The van der Waals surface area contributed by atoms with Crippen LogP contribution in [-0.2, 0) is 11.2 Å². The van der Waals surface area contributed by atoms with Gasteiger partial charge in [-0.1, -0.05) is 19.1 Å². The van der Waals surface area contributed by atoms with E-state index >= 15 is 0 Å². The van der Waals surface area contributed by atoms with Crippen LogP contribution in [0.1, 0.15) is 31.7 Å². The normalized spacial score (nSPS) is 16.6. The van der Waals surface area contributed by atoms with E-state index in [-0.39, 0.29) is 29.5 Å². The summed E-state index contributed by atoms with van der Waals surface area (Å²) >= 11 is 0. The Balaban J connectivity index is 0.00000312. The summed E-state index contributed by atoms with van der Waals surface area (Å²) in [6.45, 7) is 4.77. The summed E-state index contributed by atoms with van der Waals surface area (Å²) in [4.78, 5) is 12.0. The van der Waals surface area contributed by atoms with Gasteiger partial charge in [0.1, 0.15) is 5.75 Å². The molecule has 0 radical (unpaired) electrons. The number of amides is 1. The number of nitrogens with one attached hydrogen (secondary N) is 2. The highest BCUT2D eigenvalue weighted by Crippen LogP contribution is 2.26. The number of halogens is 4. The van der Waals surface area contributed by atoms with Crippen molar-refractivity contribution in [1.82, 2.24) is 10.6 Å². The van der Waals surface area contributed by atoms with Gasteiger partial charge in [0.05, 0.1) is 0 Å². The third-order valence-corrected chi connectivity index (χ3v) is 4.32. The molecule has 1 aliphatic rings. The fourth-order valence-corrected chi connectivity index (χ4v) is 2.72. The Kier molecular flexibility index (Phi) is 8.02. The average Bonchev–Trinajstić information content (AvgIpc) is 2.52. The first-order chi connectivity index (χ1) is 11.3. The Morgan fingerprint density at radius 2 is 1.84 bits per heavy atom. The number of piperidine rings is 1. The van der Waals surface area contributed by atoms with Crippen LogP contribution in [0.5, 0.6) is 5.75 Å². The average molecular weight is 381 g/mol. The molecule has 1 saturated heterocycles. The molecule has 1 aromatic rings. The van der Waals surface area contributed by atoms with E-state index in [9.17, 15) is 18.0 Å². The topological polar surface area (TPSA) is 50.4 Å². The lowest BCUT2D eigenvalue weighted by atomic mass is 9.81. The standard InChI is InChI=1S/C17H23F3N2O2.ClH/c1-16(8-10-21-11-9-16)12-22-15(23)7-4-13-2-5-14(6-3-13)24-17(18,19)20;/h2-3,5-6,21H,4,7-12H2,1H3,(H,22,23);1H. The molecule has 142 valence electrons. The summed E-state index contributed by atoms with van der Waals surface area (Å²) < 4.78 is 40.1. The highest BCUT2D eigenvalue weighted by atomic mass is 35.5. The quantitative estimate of drug-likeness (QED) is 0.794. The number of benzene rings is 1. The molecule has 1 amide bonds. The predicted octanol–water partition coefficient (Wildman–Crippen LogP) is 3.45. The van der Waals surface area contributed by atoms with E-state index in [0.29, 0.717) is 19.4 Å². The van der Waals surface area contributed by atoms with E-state index in [2.05, 4.69) is 22.3 Å². The summed E-state index contributed by atoms with van der Waals surface area (Å²) in [5, 5.41) is 6.26. The van der Waals surface area contributed by atoms with Crippen LogP contribution in [-0.4, -0.2) is 31.9 Å². The van der Waals surface area contributed by atoms with Crippen LogP contribution in [0.4, 0.5) is 13.2 Å². The van der Waals surface area contributed by atoms with Crippen molar-refractivity contribution < 1.29 is 22.7 Å². The van der Waals surface area contributed by atoms with Gasteiger partial charge < -0.3 is 15.4 Å². The number of alkyl halides is 3. The fourth-order valence-electron chi connectivity index (χ4n) is 2.72. The molecule has 0 unspecified atom stereocenters. The maximum absolute atomic E-state index is 12.1. The first-order valence-corrected chi connectivity index (χ1v) is 8.08. The molecule has 0 aromatic heterocycles. The minimum absolute atomic E-state index is 0. The fraction of sp³-hybridized carbons (Fsp3) is 0.588. The van der Waals surface area contributed by atoms with Gasteiger partial charge in [0.25, 0.3) is 0 Å². The smallest absolute Gasteiger partial charge is 0.406 e. The van der Waals surface area contributed by atoms with Gasteiger partial charge in [-0.2, -0.15) is 0 Å². The van der Waals surface area contributed by atoms with Crippen LogP contribution < -0.4 is 15.4 Å². The lowest BCUT2D eigenvalue weighted by molar-refractivity contribution is -0.274. The van der Waals surface area contributed by atoms with E-state index in [1.807, 2.05) is 0 Å². The molecular formula is C17H24ClF3N2O2. The van der Waals surface area contributed by atoms with Crippen molar-refractivity contribution in [2.75, 3.05) is 19.6 Å². The summed E-state index contributed by atoms with van der Waals surface area (Å²) in [6, 6.07) is 5.61. The second-order valence-corrected chi connectivity index (χ2v) is 6.53. The molecule has 1 aliphatic heterocycles. The molecule has 1 heterocycles. The first-order valence-electron chi connectivity index (χ1n) is 8.08. The molecule has 25 heavy (non-hydrogen) atoms. The maximum Gasteiger partial charge on any atom is 0.573 e. The molecule has 4 nitrogen and oxygen atoms in total. The highest BCUT2D eigenvalue weighted by molar-refractivity contribution is 5.85. The van der Waals surface area contributed by atoms with Gasteiger partial charge >= 0.3 is 6.36 Å². The number of rotatable bonds is 6. The summed E-state index contributed by atoms with van der Waals surface area (Å²) in [5.74, 6) is -0.292. The van der Waals surface area contributed by atoms with Gasteiger partial charge in [-0.3, -0.25) is 4.79 Å². The number of carbonyl (C=O) groups excluding carboxylic acids is 1. The monoisotopic (exact) mass is 380 g/mol. The van der Waals surface area contributed by atoms with E-state index in [0.717, 1.165) is 31.5 Å². The number of hydrogen-bond donors (Lipinski definition) is 2. The van der Waals surface area contributed by atoms with Crippen molar-refractivity contribution in [1.29, 1.82) is 0 Å². The second kappa shape index (κ2) is 9.29. The predicted molar refractivity (Wildman–Crippen MR) is 91.9 cm³/mol. The van der Waals surface area contributed by atoms with Crippen molar-refractivity contribution in [2.24, 2.45) is 5.41 Å². The van der Waals surface area contributed by atoms with Gasteiger partial charge in [-0.25, -0.2) is 0 Å².